The smallest absolute Gasteiger partial charge is 0.317 e. The number of amidine groups is 1. The summed E-state index contributed by atoms with van der Waals surface area (Å²) in [6.07, 6.45) is 3.30. The number of hydrogen-bond donors (Lipinski definition) is 4. The Morgan fingerprint density at radius 2 is 1.92 bits per heavy atom. The molecule has 0 aliphatic carbocycles. The number of fused-ring (bicyclic) bond motifs is 1. The van der Waals surface area contributed by atoms with Crippen LogP contribution in [0, 0.1) is 11.3 Å². The third kappa shape index (κ3) is 6.67. The Bertz CT molecular complexity index is 1150. The maximum Gasteiger partial charge on any atom is 0.317 e. The summed E-state index contributed by atoms with van der Waals surface area (Å²) in [4.78, 5) is 40.7. The molecule has 2 heterocycles. The van der Waals surface area contributed by atoms with Gasteiger partial charge >= 0.3 is 12.0 Å². The van der Waals surface area contributed by atoms with Gasteiger partial charge in [0, 0.05) is 37.8 Å². The SMILES string of the molecule is N=C(N)c1ccc2c(c1)CN(C(=O)NCC[C@@H]1C[C@@H](CC(=O)O)C(=O)N1CCCc1ccccc1)CC2. The zero-order valence-corrected chi connectivity index (χ0v) is 21.0. The van der Waals surface area contributed by atoms with E-state index in [0.29, 0.717) is 44.6 Å². The number of nitrogens with zero attached hydrogens (tertiary/aromatic N) is 2. The molecule has 9 nitrogen and oxygen atoms in total. The van der Waals surface area contributed by atoms with Crippen LogP contribution < -0.4 is 11.1 Å². The molecule has 2 aromatic carbocycles. The normalized spacial score (nSPS) is 19.0. The third-order valence-corrected chi connectivity index (χ3v) is 7.33. The molecule has 0 aromatic heterocycles. The topological polar surface area (TPSA) is 140 Å². The van der Waals surface area contributed by atoms with Crippen LogP contribution in [0.15, 0.2) is 48.5 Å². The van der Waals surface area contributed by atoms with E-state index >= 15 is 0 Å². The number of likely N-dealkylation sites (tertiary alicyclic amines) is 1. The largest absolute Gasteiger partial charge is 0.481 e. The number of nitrogen functional groups attached to an aromatic ring is 1. The second-order valence-corrected chi connectivity index (χ2v) is 9.89. The summed E-state index contributed by atoms with van der Waals surface area (Å²) < 4.78 is 0. The molecule has 0 unspecified atom stereocenters. The number of hydrogen-bond acceptors (Lipinski definition) is 4. The van der Waals surface area contributed by atoms with E-state index in [-0.39, 0.29) is 30.2 Å². The Kier molecular flexibility index (Phi) is 8.43. The predicted octanol–water partition coefficient (Wildman–Crippen LogP) is 2.75. The number of carbonyl (C=O) groups is 3. The highest BCUT2D eigenvalue weighted by Crippen LogP contribution is 2.29. The quantitative estimate of drug-likeness (QED) is 0.290. The molecule has 2 atom stereocenters. The van der Waals surface area contributed by atoms with Crippen LogP contribution in [0.1, 0.15) is 47.9 Å². The van der Waals surface area contributed by atoms with Crippen LogP contribution in [-0.4, -0.2) is 64.3 Å². The van der Waals surface area contributed by atoms with Gasteiger partial charge < -0.3 is 26.0 Å². The number of carbonyl (C=O) groups excluding carboxylic acids is 2. The highest BCUT2D eigenvalue weighted by molar-refractivity contribution is 5.95. The second-order valence-electron chi connectivity index (χ2n) is 9.89. The van der Waals surface area contributed by atoms with E-state index in [2.05, 4.69) is 17.4 Å². The summed E-state index contributed by atoms with van der Waals surface area (Å²) in [5.41, 5.74) is 9.63. The van der Waals surface area contributed by atoms with E-state index in [9.17, 15) is 19.5 Å². The summed E-state index contributed by atoms with van der Waals surface area (Å²) in [7, 11) is 0. The van der Waals surface area contributed by atoms with Gasteiger partial charge in [0.15, 0.2) is 0 Å². The van der Waals surface area contributed by atoms with Crippen molar-refractivity contribution >= 4 is 23.7 Å². The maximum absolute atomic E-state index is 13.0. The van der Waals surface area contributed by atoms with Crippen molar-refractivity contribution in [1.29, 1.82) is 5.41 Å². The molecule has 1 saturated heterocycles. The predicted molar refractivity (Wildman–Crippen MR) is 140 cm³/mol. The summed E-state index contributed by atoms with van der Waals surface area (Å²) in [5.74, 6) is -1.57. The van der Waals surface area contributed by atoms with Crippen molar-refractivity contribution in [1.82, 2.24) is 15.1 Å². The van der Waals surface area contributed by atoms with Crippen molar-refractivity contribution in [2.45, 2.75) is 51.1 Å². The van der Waals surface area contributed by atoms with Gasteiger partial charge in [-0.15, -0.1) is 0 Å². The molecule has 2 aliphatic rings. The number of benzene rings is 2. The van der Waals surface area contributed by atoms with Crippen molar-refractivity contribution in [2.24, 2.45) is 11.7 Å². The van der Waals surface area contributed by atoms with Gasteiger partial charge in [-0.05, 0) is 54.9 Å². The Morgan fingerprint density at radius 1 is 1.14 bits per heavy atom. The highest BCUT2D eigenvalue weighted by Gasteiger charge is 2.39. The van der Waals surface area contributed by atoms with Crippen LogP contribution >= 0.6 is 0 Å². The molecule has 5 N–H and O–H groups in total. The summed E-state index contributed by atoms with van der Waals surface area (Å²) in [5, 5.41) is 19.9. The van der Waals surface area contributed by atoms with Gasteiger partial charge in [-0.3, -0.25) is 15.0 Å². The minimum Gasteiger partial charge on any atom is -0.481 e. The Morgan fingerprint density at radius 3 is 2.65 bits per heavy atom. The number of rotatable bonds is 10. The van der Waals surface area contributed by atoms with E-state index in [1.165, 1.54) is 5.56 Å². The van der Waals surface area contributed by atoms with E-state index in [1.54, 1.807) is 4.90 Å². The lowest BCUT2D eigenvalue weighted by Gasteiger charge is -2.30. The number of urea groups is 1. The zero-order chi connectivity index (χ0) is 26.4. The Labute approximate surface area is 217 Å². The molecule has 0 saturated carbocycles. The molecular weight excluding hydrogens is 470 g/mol. The van der Waals surface area contributed by atoms with Gasteiger partial charge in [0.2, 0.25) is 5.91 Å². The first kappa shape index (κ1) is 26.2. The molecular formula is C28H35N5O4. The Hall–Kier alpha value is -3.88. The van der Waals surface area contributed by atoms with Crippen LogP contribution in [0.3, 0.4) is 0 Å². The van der Waals surface area contributed by atoms with Gasteiger partial charge in [0.25, 0.3) is 0 Å². The molecule has 1 fully saturated rings. The first-order valence-corrected chi connectivity index (χ1v) is 12.9. The number of aliphatic carboxylic acids is 1. The van der Waals surface area contributed by atoms with E-state index < -0.39 is 11.9 Å². The van der Waals surface area contributed by atoms with Gasteiger partial charge in [-0.2, -0.15) is 0 Å². The van der Waals surface area contributed by atoms with Gasteiger partial charge in [0.1, 0.15) is 5.84 Å². The van der Waals surface area contributed by atoms with E-state index in [4.69, 9.17) is 11.1 Å². The molecule has 2 aliphatic heterocycles. The monoisotopic (exact) mass is 505 g/mol. The molecule has 0 spiro atoms. The van der Waals surface area contributed by atoms with Crippen LogP contribution in [0.25, 0.3) is 0 Å². The van der Waals surface area contributed by atoms with Gasteiger partial charge in [-0.25, -0.2) is 4.79 Å². The third-order valence-electron chi connectivity index (χ3n) is 7.33. The number of carboxylic acid groups (broad SMARTS) is 1. The number of aryl methyl sites for hydroxylation is 1. The second kappa shape index (κ2) is 11.9. The van der Waals surface area contributed by atoms with Crippen molar-refractivity contribution in [3.05, 3.63) is 70.8 Å². The fourth-order valence-corrected chi connectivity index (χ4v) is 5.37. The number of nitrogens with one attached hydrogen (secondary N) is 2. The van der Waals surface area contributed by atoms with Crippen LogP contribution in [0.5, 0.6) is 0 Å². The molecule has 9 heteroatoms. The molecule has 196 valence electrons. The van der Waals surface area contributed by atoms with Crippen LogP contribution in [0.4, 0.5) is 4.79 Å². The minimum atomic E-state index is -0.963. The molecule has 0 radical (unpaired) electrons. The molecule has 0 bridgehead atoms. The fraction of sp³-hybridized carbons (Fsp3) is 0.429. The Balaban J connectivity index is 1.31. The van der Waals surface area contributed by atoms with Crippen molar-refractivity contribution in [3.63, 3.8) is 0 Å². The lowest BCUT2D eigenvalue weighted by molar-refractivity contribution is -0.142. The summed E-state index contributed by atoms with van der Waals surface area (Å²) >= 11 is 0. The van der Waals surface area contributed by atoms with Gasteiger partial charge in [-0.1, -0.05) is 42.5 Å². The molecule has 3 amide bonds. The molecule has 2 aromatic rings. The average Bonchev–Trinajstić information content (AvgIpc) is 3.17. The average molecular weight is 506 g/mol. The van der Waals surface area contributed by atoms with E-state index in [1.807, 2.05) is 41.3 Å². The van der Waals surface area contributed by atoms with Gasteiger partial charge in [0.05, 0.1) is 12.3 Å². The van der Waals surface area contributed by atoms with Crippen molar-refractivity contribution in [2.75, 3.05) is 19.6 Å². The standard InChI is InChI=1S/C28H35N5O4/c29-26(30)21-9-8-20-11-14-32(18-23(20)15-21)28(37)31-12-10-24-16-22(17-25(34)35)27(36)33(24)13-4-7-19-5-2-1-3-6-19/h1-3,5-6,8-9,15,22,24H,4,7,10-14,16-18H2,(H3,29,30)(H,31,37)(H,34,35)/t22-,24+/m0/s1. The minimum absolute atomic E-state index is 0.00464. The zero-order valence-electron chi connectivity index (χ0n) is 21.0. The lowest BCUT2D eigenvalue weighted by Crippen LogP contribution is -2.44. The summed E-state index contributed by atoms with van der Waals surface area (Å²) in [6.45, 7) is 2.04. The van der Waals surface area contributed by atoms with E-state index in [0.717, 1.165) is 30.4 Å². The molecule has 4 rings (SSSR count). The number of carboxylic acids is 1. The van der Waals surface area contributed by atoms with Crippen molar-refractivity contribution < 1.29 is 19.5 Å². The van der Waals surface area contributed by atoms with Crippen molar-refractivity contribution in [3.8, 4) is 0 Å². The maximum atomic E-state index is 13.0. The first-order valence-electron chi connectivity index (χ1n) is 12.9. The number of amides is 3. The first-order chi connectivity index (χ1) is 17.8. The summed E-state index contributed by atoms with van der Waals surface area (Å²) in [6, 6.07) is 15.5. The van der Waals surface area contributed by atoms with Crippen LogP contribution in [0.2, 0.25) is 0 Å². The fourth-order valence-electron chi connectivity index (χ4n) is 5.37. The highest BCUT2D eigenvalue weighted by atomic mass is 16.4. The van der Waals surface area contributed by atoms with Crippen LogP contribution in [-0.2, 0) is 29.0 Å². The lowest BCUT2D eigenvalue weighted by atomic mass is 9.97. The molecule has 37 heavy (non-hydrogen) atoms. The number of nitrogens with two attached hydrogens (primary N) is 1.